The van der Waals surface area contributed by atoms with E-state index in [4.69, 9.17) is 0 Å². The molecular formula is C27H30N6O3S. The molecule has 0 unspecified atom stereocenters. The number of likely N-dealkylation sites (N-methyl/N-ethyl adjacent to an activating group) is 1. The molecular weight excluding hydrogens is 488 g/mol. The minimum absolute atomic E-state index is 0.119. The van der Waals surface area contributed by atoms with Gasteiger partial charge in [0.2, 0.25) is 5.95 Å². The van der Waals surface area contributed by atoms with Crippen molar-refractivity contribution in [1.29, 1.82) is 0 Å². The van der Waals surface area contributed by atoms with Gasteiger partial charge in [-0.1, -0.05) is 18.2 Å². The van der Waals surface area contributed by atoms with E-state index in [0.29, 0.717) is 34.7 Å². The number of sulfone groups is 1. The zero-order valence-corrected chi connectivity index (χ0v) is 22.0. The Hall–Kier alpha value is -3.76. The number of benzene rings is 2. The summed E-state index contributed by atoms with van der Waals surface area (Å²) in [6, 6.07) is 16.4. The molecule has 9 nitrogen and oxygen atoms in total. The summed E-state index contributed by atoms with van der Waals surface area (Å²) in [5, 5.41) is 3.88. The number of hydrogen-bond acceptors (Lipinski definition) is 8. The molecule has 0 atom stereocenters. The Morgan fingerprint density at radius 2 is 1.68 bits per heavy atom. The maximum atomic E-state index is 13.5. The molecule has 3 heterocycles. The molecule has 1 aliphatic heterocycles. The minimum Gasteiger partial charge on any atom is -0.369 e. The van der Waals surface area contributed by atoms with E-state index in [-0.39, 0.29) is 10.5 Å². The molecule has 0 amide bonds. The fourth-order valence-electron chi connectivity index (χ4n) is 4.67. The van der Waals surface area contributed by atoms with Crippen molar-refractivity contribution in [2.24, 2.45) is 0 Å². The van der Waals surface area contributed by atoms with E-state index in [2.05, 4.69) is 44.3 Å². The molecule has 4 aromatic rings. The molecule has 1 fully saturated rings. The molecule has 0 bridgehead atoms. The fourth-order valence-corrected chi connectivity index (χ4v) is 5.57. The van der Waals surface area contributed by atoms with Crippen LogP contribution in [0, 0.1) is 0 Å². The van der Waals surface area contributed by atoms with Crippen LogP contribution in [0.3, 0.4) is 0 Å². The molecule has 2 aromatic carbocycles. The summed E-state index contributed by atoms with van der Waals surface area (Å²) in [5.41, 5.74) is 2.90. The molecule has 0 radical (unpaired) electrons. The first-order valence-corrected chi connectivity index (χ1v) is 14.1. The third kappa shape index (κ3) is 5.07. The molecule has 37 heavy (non-hydrogen) atoms. The summed E-state index contributed by atoms with van der Waals surface area (Å²) in [7, 11) is -1.38. The van der Waals surface area contributed by atoms with Crippen LogP contribution >= 0.6 is 0 Å². The highest BCUT2D eigenvalue weighted by Crippen LogP contribution is 2.28. The largest absolute Gasteiger partial charge is 0.369 e. The number of piperazine rings is 1. The fraction of sp³-hybridized carbons (Fsp3) is 0.296. The summed E-state index contributed by atoms with van der Waals surface area (Å²) in [6.07, 6.45) is 2.80. The first-order chi connectivity index (χ1) is 17.7. The third-order valence-corrected chi connectivity index (χ3v) is 7.87. The van der Waals surface area contributed by atoms with Gasteiger partial charge in [0.1, 0.15) is 5.65 Å². The number of aromatic nitrogens is 3. The molecule has 5 rings (SSSR count). The smallest absolute Gasteiger partial charge is 0.260 e. The van der Waals surface area contributed by atoms with Gasteiger partial charge in [-0.2, -0.15) is 4.98 Å². The van der Waals surface area contributed by atoms with Crippen molar-refractivity contribution in [3.05, 3.63) is 71.1 Å². The first-order valence-electron chi connectivity index (χ1n) is 12.2. The molecule has 0 aliphatic carbocycles. The van der Waals surface area contributed by atoms with Crippen LogP contribution in [0.2, 0.25) is 0 Å². The van der Waals surface area contributed by atoms with Gasteiger partial charge in [-0.05, 0) is 50.4 Å². The topological polar surface area (TPSA) is 100 Å². The first kappa shape index (κ1) is 24.9. The van der Waals surface area contributed by atoms with Crippen molar-refractivity contribution >= 4 is 38.2 Å². The van der Waals surface area contributed by atoms with Crippen LogP contribution in [0.1, 0.15) is 6.92 Å². The second kappa shape index (κ2) is 9.95. The van der Waals surface area contributed by atoms with Crippen molar-refractivity contribution in [1.82, 2.24) is 19.4 Å². The van der Waals surface area contributed by atoms with Gasteiger partial charge in [-0.3, -0.25) is 9.36 Å². The lowest BCUT2D eigenvalue weighted by atomic mass is 10.1. The van der Waals surface area contributed by atoms with E-state index in [1.807, 2.05) is 19.1 Å². The maximum Gasteiger partial charge on any atom is 0.260 e. The lowest BCUT2D eigenvalue weighted by Crippen LogP contribution is -2.44. The highest BCUT2D eigenvalue weighted by molar-refractivity contribution is 7.90. The molecule has 1 N–H and O–H groups in total. The van der Waals surface area contributed by atoms with Crippen molar-refractivity contribution in [2.75, 3.05) is 49.7 Å². The zero-order chi connectivity index (χ0) is 26.2. The number of aryl methyl sites for hydroxylation is 1. The molecule has 0 spiro atoms. The summed E-state index contributed by atoms with van der Waals surface area (Å²) in [6.45, 7) is 6.33. The standard InChI is InChI=1S/C27H30N6O3S/c1-4-33-25-19(17-23(26(33)34)22-7-5-6-8-24(22)37(3,35)36)18-28-27(30-25)29-20-9-11-21(12-10-20)32-15-13-31(2)14-16-32/h5-12,17-18H,4,13-16H2,1-3H3,(H,28,29,30). The van der Waals surface area contributed by atoms with Gasteiger partial charge >= 0.3 is 0 Å². The summed E-state index contributed by atoms with van der Waals surface area (Å²) in [4.78, 5) is 27.4. The van der Waals surface area contributed by atoms with Gasteiger partial charge in [-0.25, -0.2) is 13.4 Å². The summed E-state index contributed by atoms with van der Waals surface area (Å²) in [5.74, 6) is 0.380. The van der Waals surface area contributed by atoms with Crippen molar-refractivity contribution < 1.29 is 8.42 Å². The lowest BCUT2D eigenvalue weighted by molar-refractivity contribution is 0.313. The Morgan fingerprint density at radius 3 is 2.35 bits per heavy atom. The van der Waals surface area contributed by atoms with Crippen LogP contribution in [0.25, 0.3) is 22.2 Å². The lowest BCUT2D eigenvalue weighted by Gasteiger charge is -2.34. The minimum atomic E-state index is -3.52. The van der Waals surface area contributed by atoms with Crippen LogP contribution in [-0.2, 0) is 16.4 Å². The average Bonchev–Trinajstić information content (AvgIpc) is 2.89. The maximum absolute atomic E-state index is 13.5. The Bertz CT molecular complexity index is 1610. The SMILES string of the molecule is CCn1c(=O)c(-c2ccccc2S(C)(=O)=O)cc2cnc(Nc3ccc(N4CCN(C)CC4)cc3)nc21. The number of nitrogens with zero attached hydrogens (tertiary/aromatic N) is 5. The number of rotatable bonds is 6. The summed E-state index contributed by atoms with van der Waals surface area (Å²) < 4.78 is 26.3. The van der Waals surface area contributed by atoms with Crippen LogP contribution in [0.5, 0.6) is 0 Å². The van der Waals surface area contributed by atoms with Crippen LogP contribution in [0.15, 0.2) is 70.5 Å². The van der Waals surface area contributed by atoms with E-state index in [0.717, 1.165) is 38.1 Å². The van der Waals surface area contributed by atoms with Crippen molar-refractivity contribution in [3.8, 4) is 11.1 Å². The van der Waals surface area contributed by atoms with E-state index in [9.17, 15) is 13.2 Å². The number of fused-ring (bicyclic) bond motifs is 1. The normalized spacial score (nSPS) is 14.7. The quantitative estimate of drug-likeness (QED) is 0.415. The second-order valence-corrected chi connectivity index (χ2v) is 11.3. The molecule has 1 aliphatic rings. The molecule has 10 heteroatoms. The highest BCUT2D eigenvalue weighted by Gasteiger charge is 2.19. The van der Waals surface area contributed by atoms with E-state index in [1.165, 1.54) is 11.8 Å². The van der Waals surface area contributed by atoms with Crippen LogP contribution in [-0.4, -0.2) is 67.3 Å². The van der Waals surface area contributed by atoms with E-state index in [1.54, 1.807) is 35.0 Å². The Morgan fingerprint density at radius 1 is 0.973 bits per heavy atom. The number of hydrogen-bond donors (Lipinski definition) is 1. The van der Waals surface area contributed by atoms with Crippen molar-refractivity contribution in [3.63, 3.8) is 0 Å². The Balaban J connectivity index is 1.47. The monoisotopic (exact) mass is 518 g/mol. The van der Waals surface area contributed by atoms with Gasteiger partial charge in [0.15, 0.2) is 9.84 Å². The number of nitrogens with one attached hydrogen (secondary N) is 1. The van der Waals surface area contributed by atoms with Gasteiger partial charge in [0, 0.05) is 73.1 Å². The zero-order valence-electron chi connectivity index (χ0n) is 21.2. The van der Waals surface area contributed by atoms with E-state index >= 15 is 0 Å². The van der Waals surface area contributed by atoms with Crippen LogP contribution in [0.4, 0.5) is 17.3 Å². The molecule has 192 valence electrons. The average molecular weight is 519 g/mol. The van der Waals surface area contributed by atoms with Gasteiger partial charge in [-0.15, -0.1) is 0 Å². The Labute approximate surface area is 216 Å². The number of anilines is 3. The molecule has 2 aromatic heterocycles. The van der Waals surface area contributed by atoms with Gasteiger partial charge < -0.3 is 15.1 Å². The predicted octanol–water partition coefficient (Wildman–Crippen LogP) is 3.38. The predicted molar refractivity (Wildman–Crippen MR) is 147 cm³/mol. The van der Waals surface area contributed by atoms with Gasteiger partial charge in [0.05, 0.1) is 4.90 Å². The van der Waals surface area contributed by atoms with Crippen LogP contribution < -0.4 is 15.8 Å². The number of pyridine rings is 1. The summed E-state index contributed by atoms with van der Waals surface area (Å²) >= 11 is 0. The van der Waals surface area contributed by atoms with Gasteiger partial charge in [0.25, 0.3) is 5.56 Å². The Kier molecular flexibility index (Phi) is 6.70. The molecule has 0 saturated carbocycles. The van der Waals surface area contributed by atoms with E-state index < -0.39 is 9.84 Å². The third-order valence-electron chi connectivity index (χ3n) is 6.71. The van der Waals surface area contributed by atoms with Crippen molar-refractivity contribution in [2.45, 2.75) is 18.4 Å². The molecule has 1 saturated heterocycles. The highest BCUT2D eigenvalue weighted by atomic mass is 32.2. The second-order valence-electron chi connectivity index (χ2n) is 9.31.